The zero-order valence-corrected chi connectivity index (χ0v) is 15.0. The van der Waals surface area contributed by atoms with Crippen LogP contribution in [0.5, 0.6) is 0 Å². The van der Waals surface area contributed by atoms with Crippen LogP contribution in [0.1, 0.15) is 10.4 Å². The van der Waals surface area contributed by atoms with Crippen LogP contribution in [0.15, 0.2) is 48.1 Å². The summed E-state index contributed by atoms with van der Waals surface area (Å²) in [5, 5.41) is 15.9. The first-order valence-electron chi connectivity index (χ1n) is 8.50. The van der Waals surface area contributed by atoms with Crippen LogP contribution < -0.4 is 4.90 Å². The Morgan fingerprint density at radius 3 is 2.81 bits per heavy atom. The fraction of sp³-hybridized carbons (Fsp3) is 0.158. The van der Waals surface area contributed by atoms with Crippen LogP contribution in [0.3, 0.4) is 0 Å². The van der Waals surface area contributed by atoms with Crippen molar-refractivity contribution >= 4 is 29.1 Å². The monoisotopic (exact) mass is 377 g/mol. The van der Waals surface area contributed by atoms with Crippen molar-refractivity contribution in [3.8, 4) is 21.8 Å². The van der Waals surface area contributed by atoms with Crippen LogP contribution in [0, 0.1) is 0 Å². The molecule has 5 rings (SSSR count). The lowest BCUT2D eigenvalue weighted by Gasteiger charge is -2.37. The van der Waals surface area contributed by atoms with Crippen LogP contribution in [-0.2, 0) is 0 Å². The number of carbonyl (C=O) groups is 1. The van der Waals surface area contributed by atoms with Gasteiger partial charge >= 0.3 is 0 Å². The van der Waals surface area contributed by atoms with E-state index in [1.165, 1.54) is 0 Å². The molecule has 27 heavy (non-hydrogen) atoms. The molecule has 0 saturated carbocycles. The smallest absolute Gasteiger partial charge is 0.165 e. The average Bonchev–Trinajstić information content (AvgIpc) is 3.34. The minimum Gasteiger partial charge on any atom is -0.389 e. The Bertz CT molecular complexity index is 1130. The van der Waals surface area contributed by atoms with Gasteiger partial charge in [0.15, 0.2) is 5.65 Å². The van der Waals surface area contributed by atoms with E-state index in [1.807, 2.05) is 34.7 Å². The van der Waals surface area contributed by atoms with Crippen molar-refractivity contribution in [3.63, 3.8) is 0 Å². The lowest BCUT2D eigenvalue weighted by molar-refractivity contribution is 0.112. The number of β-amino-alcohol motifs (C(OH)–C–C–N with tert-alkyl or cyclic N) is 1. The van der Waals surface area contributed by atoms with Crippen LogP contribution in [0.25, 0.3) is 27.5 Å². The first-order valence-corrected chi connectivity index (χ1v) is 9.38. The highest BCUT2D eigenvalue weighted by Gasteiger charge is 2.26. The van der Waals surface area contributed by atoms with Crippen LogP contribution >= 0.6 is 11.3 Å². The van der Waals surface area contributed by atoms with Gasteiger partial charge in [-0.15, -0.1) is 11.3 Å². The van der Waals surface area contributed by atoms with Crippen molar-refractivity contribution in [2.75, 3.05) is 18.0 Å². The number of hydrogen-bond donors (Lipinski definition) is 1. The van der Waals surface area contributed by atoms with Gasteiger partial charge in [-0.2, -0.15) is 5.10 Å². The maximum absolute atomic E-state index is 11.4. The summed E-state index contributed by atoms with van der Waals surface area (Å²) < 4.78 is 1.70. The molecule has 4 aromatic rings. The predicted molar refractivity (Wildman–Crippen MR) is 103 cm³/mol. The van der Waals surface area contributed by atoms with E-state index in [2.05, 4.69) is 10.1 Å². The lowest BCUT2D eigenvalue weighted by Crippen LogP contribution is -2.51. The third-order valence-corrected chi connectivity index (χ3v) is 5.47. The number of rotatable bonds is 4. The summed E-state index contributed by atoms with van der Waals surface area (Å²) >= 11 is 1.63. The van der Waals surface area contributed by atoms with Crippen molar-refractivity contribution in [1.29, 1.82) is 0 Å². The van der Waals surface area contributed by atoms with Crippen molar-refractivity contribution in [1.82, 2.24) is 19.6 Å². The van der Waals surface area contributed by atoms with E-state index in [9.17, 15) is 9.90 Å². The quantitative estimate of drug-likeness (QED) is 0.550. The molecule has 0 amide bonds. The van der Waals surface area contributed by atoms with Crippen LogP contribution in [0.2, 0.25) is 0 Å². The summed E-state index contributed by atoms with van der Waals surface area (Å²) in [4.78, 5) is 23.9. The Labute approximate surface area is 158 Å². The Morgan fingerprint density at radius 1 is 1.19 bits per heavy atom. The van der Waals surface area contributed by atoms with Crippen molar-refractivity contribution < 1.29 is 9.90 Å². The van der Waals surface area contributed by atoms with Gasteiger partial charge < -0.3 is 10.0 Å². The molecule has 1 aliphatic heterocycles. The number of anilines is 1. The van der Waals surface area contributed by atoms with E-state index in [0.29, 0.717) is 35.8 Å². The Balaban J connectivity index is 1.63. The van der Waals surface area contributed by atoms with Gasteiger partial charge in [0.1, 0.15) is 12.1 Å². The average molecular weight is 377 g/mol. The molecule has 0 atom stereocenters. The zero-order chi connectivity index (χ0) is 18.4. The number of fused-ring (bicyclic) bond motifs is 1. The maximum Gasteiger partial charge on any atom is 0.165 e. The van der Waals surface area contributed by atoms with Gasteiger partial charge in [-0.3, -0.25) is 4.79 Å². The van der Waals surface area contributed by atoms with Crippen LogP contribution in [0.4, 0.5) is 5.82 Å². The van der Waals surface area contributed by atoms with Crippen molar-refractivity contribution in [2.24, 2.45) is 0 Å². The number of carbonyl (C=O) groups excluding carboxylic acids is 1. The molecule has 0 bridgehead atoms. The maximum atomic E-state index is 11.4. The summed E-state index contributed by atoms with van der Waals surface area (Å²) in [6, 6.07) is 9.42. The second-order valence-electron chi connectivity index (χ2n) is 6.44. The summed E-state index contributed by atoms with van der Waals surface area (Å²) in [5.74, 6) is 0.675. The Hall–Kier alpha value is -3.10. The van der Waals surface area contributed by atoms with Gasteiger partial charge in [-0.1, -0.05) is 6.07 Å². The third kappa shape index (κ3) is 2.79. The van der Waals surface area contributed by atoms with Crippen LogP contribution in [-0.4, -0.2) is 50.2 Å². The molecule has 7 nitrogen and oxygen atoms in total. The van der Waals surface area contributed by atoms with Gasteiger partial charge in [0.2, 0.25) is 0 Å². The number of pyridine rings is 1. The number of aromatic nitrogens is 4. The van der Waals surface area contributed by atoms with E-state index < -0.39 is 0 Å². The van der Waals surface area contributed by atoms with Gasteiger partial charge in [-0.05, 0) is 29.6 Å². The molecule has 4 aromatic heterocycles. The Kier molecular flexibility index (Phi) is 3.73. The first-order chi connectivity index (χ1) is 13.2. The Morgan fingerprint density at radius 2 is 2.07 bits per heavy atom. The minimum absolute atomic E-state index is 0.345. The molecule has 0 radical (unpaired) electrons. The number of aliphatic hydroxyl groups excluding tert-OH is 1. The fourth-order valence-corrected chi connectivity index (χ4v) is 3.85. The summed E-state index contributed by atoms with van der Waals surface area (Å²) in [7, 11) is 0. The van der Waals surface area contributed by atoms with Gasteiger partial charge in [0.25, 0.3) is 0 Å². The molecular weight excluding hydrogens is 362 g/mol. The largest absolute Gasteiger partial charge is 0.389 e. The van der Waals surface area contributed by atoms with Gasteiger partial charge in [0, 0.05) is 24.8 Å². The summed E-state index contributed by atoms with van der Waals surface area (Å²) in [6.45, 7) is 1.04. The van der Waals surface area contributed by atoms with Crippen molar-refractivity contribution in [2.45, 2.75) is 6.10 Å². The number of aldehydes is 1. The molecule has 1 aliphatic rings. The number of aliphatic hydroxyl groups is 1. The summed E-state index contributed by atoms with van der Waals surface area (Å²) in [6.07, 6.45) is 4.05. The topological polar surface area (TPSA) is 83.6 Å². The third-order valence-electron chi connectivity index (χ3n) is 4.58. The molecule has 1 N–H and O–H groups in total. The first kappa shape index (κ1) is 16.1. The highest BCUT2D eigenvalue weighted by Crippen LogP contribution is 2.29. The summed E-state index contributed by atoms with van der Waals surface area (Å²) in [5.41, 5.74) is 3.49. The standard InChI is InChI=1S/C19H15N5O2S/c25-11-12-6-16(21-18(7-12)23-9-13(26)10-23)14-8-20-24-4-3-15(22-19(14)24)17-2-1-5-27-17/h1-8,11,13,26H,9-10H2. The van der Waals surface area contributed by atoms with E-state index in [-0.39, 0.29) is 6.10 Å². The predicted octanol–water partition coefficient (Wildman–Crippen LogP) is 2.51. The number of hydrogen-bond acceptors (Lipinski definition) is 7. The SMILES string of the molecule is O=Cc1cc(-c2cnn3ccc(-c4cccs4)nc23)nc(N2CC(O)C2)c1. The van der Waals surface area contributed by atoms with Gasteiger partial charge in [0.05, 0.1) is 34.1 Å². The molecular formula is C19H15N5O2S. The zero-order valence-electron chi connectivity index (χ0n) is 14.2. The normalized spacial score (nSPS) is 14.5. The highest BCUT2D eigenvalue weighted by molar-refractivity contribution is 7.13. The molecule has 1 saturated heterocycles. The molecule has 0 aliphatic carbocycles. The molecule has 0 spiro atoms. The lowest BCUT2D eigenvalue weighted by atomic mass is 10.1. The highest BCUT2D eigenvalue weighted by atomic mass is 32.1. The van der Waals surface area contributed by atoms with E-state index in [1.54, 1.807) is 34.2 Å². The van der Waals surface area contributed by atoms with E-state index in [4.69, 9.17) is 4.98 Å². The molecule has 1 fully saturated rings. The molecule has 8 heteroatoms. The second kappa shape index (κ2) is 6.26. The second-order valence-corrected chi connectivity index (χ2v) is 7.38. The van der Waals surface area contributed by atoms with E-state index in [0.717, 1.165) is 22.4 Å². The van der Waals surface area contributed by atoms with E-state index >= 15 is 0 Å². The van der Waals surface area contributed by atoms with Crippen molar-refractivity contribution in [3.05, 3.63) is 53.7 Å². The molecule has 5 heterocycles. The molecule has 0 unspecified atom stereocenters. The fourth-order valence-electron chi connectivity index (χ4n) is 3.16. The molecule has 0 aromatic carbocycles. The minimum atomic E-state index is -0.345. The van der Waals surface area contributed by atoms with Gasteiger partial charge in [-0.25, -0.2) is 14.5 Å². The number of nitrogens with zero attached hydrogens (tertiary/aromatic N) is 5. The molecule has 134 valence electrons. The number of thiophene rings is 1.